The Kier molecular flexibility index (Phi) is 6.31. The van der Waals surface area contributed by atoms with Crippen molar-refractivity contribution in [3.63, 3.8) is 0 Å². The number of methoxy groups -OCH3 is 1. The smallest absolute Gasteiger partial charge is 0.319 e. The number of carbonyl (C=O) groups excluding carboxylic acids is 1. The molecule has 0 bridgehead atoms. The van der Waals surface area contributed by atoms with Crippen molar-refractivity contribution < 1.29 is 14.3 Å². The molecule has 5 heteroatoms. The van der Waals surface area contributed by atoms with Crippen LogP contribution in [0.1, 0.15) is 27.2 Å². The van der Waals surface area contributed by atoms with Crippen molar-refractivity contribution in [2.24, 2.45) is 0 Å². The standard InChI is InChI=1S/C15H24N2O3/c1-5-15(2,3)17-14(18)16-12-6-8-13(9-7-12)20-11-10-19-4/h6-9H,5,10-11H2,1-4H3,(H2,16,17,18). The number of hydrogen-bond acceptors (Lipinski definition) is 3. The fraction of sp³-hybridized carbons (Fsp3) is 0.533. The molecule has 0 saturated carbocycles. The third kappa shape index (κ3) is 5.93. The summed E-state index contributed by atoms with van der Waals surface area (Å²) in [5.41, 5.74) is 0.515. The molecule has 0 saturated heterocycles. The zero-order valence-corrected chi connectivity index (χ0v) is 12.7. The van der Waals surface area contributed by atoms with Crippen LogP contribution in [0, 0.1) is 0 Å². The average Bonchev–Trinajstić information content (AvgIpc) is 2.40. The lowest BCUT2D eigenvalue weighted by Gasteiger charge is -2.24. The highest BCUT2D eigenvalue weighted by molar-refractivity contribution is 5.89. The maximum atomic E-state index is 11.8. The number of carbonyl (C=O) groups is 1. The van der Waals surface area contributed by atoms with Crippen molar-refractivity contribution >= 4 is 11.7 Å². The third-order valence-electron chi connectivity index (χ3n) is 3.00. The number of urea groups is 1. The molecule has 0 aromatic heterocycles. The van der Waals surface area contributed by atoms with E-state index in [1.165, 1.54) is 0 Å². The van der Waals surface area contributed by atoms with Gasteiger partial charge in [0.25, 0.3) is 0 Å². The van der Waals surface area contributed by atoms with E-state index in [0.29, 0.717) is 13.2 Å². The number of rotatable bonds is 7. The molecule has 0 atom stereocenters. The van der Waals surface area contributed by atoms with E-state index in [-0.39, 0.29) is 11.6 Å². The van der Waals surface area contributed by atoms with Crippen molar-refractivity contribution in [1.29, 1.82) is 0 Å². The van der Waals surface area contributed by atoms with E-state index in [4.69, 9.17) is 9.47 Å². The predicted molar refractivity (Wildman–Crippen MR) is 80.3 cm³/mol. The maximum absolute atomic E-state index is 11.8. The van der Waals surface area contributed by atoms with E-state index in [1.807, 2.05) is 32.9 Å². The first kappa shape index (κ1) is 16.3. The molecular formula is C15H24N2O3. The molecule has 0 radical (unpaired) electrons. The Hall–Kier alpha value is -1.75. The van der Waals surface area contributed by atoms with Gasteiger partial charge in [0.1, 0.15) is 12.4 Å². The second kappa shape index (κ2) is 7.75. The lowest BCUT2D eigenvalue weighted by molar-refractivity contribution is 0.146. The van der Waals surface area contributed by atoms with E-state index in [0.717, 1.165) is 17.9 Å². The highest BCUT2D eigenvalue weighted by Gasteiger charge is 2.17. The number of amides is 2. The summed E-state index contributed by atoms with van der Waals surface area (Å²) >= 11 is 0. The Morgan fingerprint density at radius 1 is 1.20 bits per heavy atom. The number of nitrogens with one attached hydrogen (secondary N) is 2. The molecule has 112 valence electrons. The lowest BCUT2D eigenvalue weighted by atomic mass is 10.0. The van der Waals surface area contributed by atoms with E-state index < -0.39 is 0 Å². The molecular weight excluding hydrogens is 256 g/mol. The summed E-state index contributed by atoms with van der Waals surface area (Å²) in [6.07, 6.45) is 0.868. The van der Waals surface area contributed by atoms with Gasteiger partial charge in [-0.1, -0.05) is 6.92 Å². The molecule has 1 aromatic carbocycles. The van der Waals surface area contributed by atoms with Crippen molar-refractivity contribution in [2.75, 3.05) is 25.6 Å². The van der Waals surface area contributed by atoms with E-state index in [1.54, 1.807) is 19.2 Å². The minimum atomic E-state index is -0.215. The van der Waals surface area contributed by atoms with Gasteiger partial charge >= 0.3 is 6.03 Å². The summed E-state index contributed by atoms with van der Waals surface area (Å²) in [5, 5.41) is 5.71. The van der Waals surface area contributed by atoms with Gasteiger partial charge in [0.05, 0.1) is 6.61 Å². The van der Waals surface area contributed by atoms with Crippen LogP contribution >= 0.6 is 0 Å². The quantitative estimate of drug-likeness (QED) is 0.755. The fourth-order valence-electron chi connectivity index (χ4n) is 1.44. The summed E-state index contributed by atoms with van der Waals surface area (Å²) in [5.74, 6) is 0.752. The zero-order chi connectivity index (χ0) is 15.0. The van der Waals surface area contributed by atoms with Crippen LogP contribution in [0.15, 0.2) is 24.3 Å². The molecule has 1 aromatic rings. The van der Waals surface area contributed by atoms with Gasteiger partial charge in [0, 0.05) is 18.3 Å². The first-order chi connectivity index (χ1) is 9.46. The molecule has 20 heavy (non-hydrogen) atoms. The molecule has 0 heterocycles. The fourth-order valence-corrected chi connectivity index (χ4v) is 1.44. The predicted octanol–water partition coefficient (Wildman–Crippen LogP) is 3.02. The van der Waals surface area contributed by atoms with Crippen LogP contribution < -0.4 is 15.4 Å². The molecule has 1 rings (SSSR count). The van der Waals surface area contributed by atoms with Gasteiger partial charge in [-0.2, -0.15) is 0 Å². The van der Waals surface area contributed by atoms with Gasteiger partial charge in [-0.3, -0.25) is 0 Å². The Morgan fingerprint density at radius 2 is 1.85 bits per heavy atom. The van der Waals surface area contributed by atoms with Gasteiger partial charge in [-0.05, 0) is 44.5 Å². The van der Waals surface area contributed by atoms with Crippen molar-refractivity contribution in [2.45, 2.75) is 32.7 Å². The SMILES string of the molecule is CCC(C)(C)NC(=O)Nc1ccc(OCCOC)cc1. The molecule has 5 nitrogen and oxygen atoms in total. The van der Waals surface area contributed by atoms with Crippen LogP contribution in [-0.2, 0) is 4.74 Å². The van der Waals surface area contributed by atoms with Crippen molar-refractivity contribution in [3.05, 3.63) is 24.3 Å². The molecule has 0 aliphatic heterocycles. The summed E-state index contributed by atoms with van der Waals surface area (Å²) in [6.45, 7) is 7.06. The van der Waals surface area contributed by atoms with Gasteiger partial charge in [0.15, 0.2) is 0 Å². The molecule has 0 aliphatic carbocycles. The Bertz CT molecular complexity index is 416. The molecule has 0 aliphatic rings. The minimum Gasteiger partial charge on any atom is -0.491 e. The van der Waals surface area contributed by atoms with Gasteiger partial charge in [-0.25, -0.2) is 4.79 Å². The topological polar surface area (TPSA) is 59.6 Å². The highest BCUT2D eigenvalue weighted by Crippen LogP contribution is 2.16. The van der Waals surface area contributed by atoms with Crippen molar-refractivity contribution in [1.82, 2.24) is 5.32 Å². The summed E-state index contributed by atoms with van der Waals surface area (Å²) < 4.78 is 10.4. The van der Waals surface area contributed by atoms with Crippen molar-refractivity contribution in [3.8, 4) is 5.75 Å². The number of benzene rings is 1. The van der Waals surface area contributed by atoms with Gasteiger partial charge in [-0.15, -0.1) is 0 Å². The first-order valence-corrected chi connectivity index (χ1v) is 6.78. The van der Waals surface area contributed by atoms with E-state index in [2.05, 4.69) is 10.6 Å². The Morgan fingerprint density at radius 3 is 2.40 bits per heavy atom. The normalized spacial score (nSPS) is 11.0. The first-order valence-electron chi connectivity index (χ1n) is 6.78. The molecule has 0 spiro atoms. The molecule has 2 amide bonds. The van der Waals surface area contributed by atoms with E-state index in [9.17, 15) is 4.79 Å². The number of anilines is 1. The van der Waals surface area contributed by atoms with Crippen LogP contribution in [-0.4, -0.2) is 31.9 Å². The van der Waals surface area contributed by atoms with Crippen LogP contribution in [0.4, 0.5) is 10.5 Å². The second-order valence-electron chi connectivity index (χ2n) is 5.18. The zero-order valence-electron chi connectivity index (χ0n) is 12.7. The monoisotopic (exact) mass is 280 g/mol. The second-order valence-corrected chi connectivity index (χ2v) is 5.18. The summed E-state index contributed by atoms with van der Waals surface area (Å²) in [6, 6.07) is 7.04. The maximum Gasteiger partial charge on any atom is 0.319 e. The summed E-state index contributed by atoms with van der Waals surface area (Å²) in [7, 11) is 1.63. The lowest BCUT2D eigenvalue weighted by Crippen LogP contribution is -2.45. The summed E-state index contributed by atoms with van der Waals surface area (Å²) in [4.78, 5) is 11.8. The largest absolute Gasteiger partial charge is 0.491 e. The van der Waals surface area contributed by atoms with Crippen LogP contribution in [0.2, 0.25) is 0 Å². The molecule has 0 unspecified atom stereocenters. The minimum absolute atomic E-state index is 0.204. The van der Waals surface area contributed by atoms with Crippen LogP contribution in [0.3, 0.4) is 0 Å². The van der Waals surface area contributed by atoms with Gasteiger partial charge < -0.3 is 20.1 Å². The molecule has 2 N–H and O–H groups in total. The Labute approximate surface area is 120 Å². The average molecular weight is 280 g/mol. The van der Waals surface area contributed by atoms with Crippen LogP contribution in [0.5, 0.6) is 5.75 Å². The Balaban J connectivity index is 2.46. The highest BCUT2D eigenvalue weighted by atomic mass is 16.5. The number of hydrogen-bond donors (Lipinski definition) is 2. The van der Waals surface area contributed by atoms with E-state index >= 15 is 0 Å². The molecule has 0 fully saturated rings. The number of ether oxygens (including phenoxy) is 2. The third-order valence-corrected chi connectivity index (χ3v) is 3.00. The van der Waals surface area contributed by atoms with Crippen LogP contribution in [0.25, 0.3) is 0 Å². The van der Waals surface area contributed by atoms with Gasteiger partial charge in [0.2, 0.25) is 0 Å².